The first-order valence-corrected chi connectivity index (χ1v) is 15.0. The maximum Gasteiger partial charge on any atom is 0.490 e. The number of methoxy groups -OCH3 is 1. The average molecular weight is 722 g/mol. The molecule has 18 heteroatoms. The number of aromatic amines is 1. The van der Waals surface area contributed by atoms with Crippen LogP contribution in [-0.4, -0.2) is 76.4 Å². The normalized spacial score (nSPS) is 11.9. The smallest absolute Gasteiger partial charge is 0.490 e. The molecule has 0 radical (unpaired) electrons. The number of phenols is 1. The summed E-state index contributed by atoms with van der Waals surface area (Å²) in [7, 11) is 1.70. The number of ether oxygens (including phenoxy) is 1. The van der Waals surface area contributed by atoms with Crippen molar-refractivity contribution in [2.24, 2.45) is 0 Å². The summed E-state index contributed by atoms with van der Waals surface area (Å²) in [6, 6.07) is 19.8. The summed E-state index contributed by atoms with van der Waals surface area (Å²) in [5.41, 5.74) is 4.67. The minimum absolute atomic E-state index is 0.0106. The molecule has 0 saturated carbocycles. The third-order valence-electron chi connectivity index (χ3n) is 6.44. The summed E-state index contributed by atoms with van der Waals surface area (Å²) in [5.74, 6) is -4.58. The van der Waals surface area contributed by atoms with Crippen LogP contribution in [0.2, 0.25) is 0 Å². The van der Waals surface area contributed by atoms with E-state index in [0.29, 0.717) is 28.9 Å². The average Bonchev–Trinajstić information content (AvgIpc) is 3.43. The Kier molecular flexibility index (Phi) is 15.5. The highest BCUT2D eigenvalue weighted by atomic mass is 32.1. The second-order valence-electron chi connectivity index (χ2n) is 10.0. The van der Waals surface area contributed by atoms with E-state index in [0.717, 1.165) is 43.0 Å². The molecule has 0 bridgehead atoms. The number of carbonyl (C=O) groups is 2. The molecule has 11 nitrogen and oxygen atoms in total. The number of nitrogens with one attached hydrogen (secondary N) is 3. The molecule has 268 valence electrons. The number of aliphatic carboxylic acids is 2. The van der Waals surface area contributed by atoms with Crippen LogP contribution in [-0.2, 0) is 29.0 Å². The van der Waals surface area contributed by atoms with Crippen molar-refractivity contribution in [1.82, 2.24) is 15.6 Å². The van der Waals surface area contributed by atoms with Crippen molar-refractivity contribution in [3.63, 3.8) is 0 Å². The van der Waals surface area contributed by atoms with Crippen molar-refractivity contribution in [1.29, 1.82) is 0 Å². The molecule has 0 amide bonds. The summed E-state index contributed by atoms with van der Waals surface area (Å²) in [6.45, 7) is 2.73. The Bertz CT molecular complexity index is 1700. The molecular weight excluding hydrogens is 688 g/mol. The minimum atomic E-state index is -5.08. The standard InChI is InChI=1S/C27H31N3O4S.2C2HF3O2/c1-34-24-8-3-2-7-20(24)12-14-28-16-19-6-4-5-18(15-19)11-13-29-17-23(32)21-9-10-22(31)25-26(21)35-27(33)30-25;2*3-2(4,5)1(6)7/h2-10,15,23,28-29,31-32H,11-14,16-17H2,1H3,(H,30,33);2*(H,6,7)/t23-;;/m0../s1. The minimum Gasteiger partial charge on any atom is -0.506 e. The van der Waals surface area contributed by atoms with Gasteiger partial charge < -0.3 is 40.8 Å². The van der Waals surface area contributed by atoms with Gasteiger partial charge in [-0.1, -0.05) is 59.9 Å². The van der Waals surface area contributed by atoms with Crippen molar-refractivity contribution in [3.05, 3.63) is 92.6 Å². The Morgan fingerprint density at radius 3 is 2.08 bits per heavy atom. The maximum absolute atomic E-state index is 11.7. The lowest BCUT2D eigenvalue weighted by Crippen LogP contribution is -2.24. The van der Waals surface area contributed by atoms with Crippen LogP contribution in [0.4, 0.5) is 26.3 Å². The quantitative estimate of drug-likeness (QED) is 0.0796. The number of phenolic OH excluding ortho intramolecular Hbond substituents is 1. The molecule has 0 unspecified atom stereocenters. The van der Waals surface area contributed by atoms with E-state index >= 15 is 0 Å². The number of aliphatic hydroxyl groups excluding tert-OH is 1. The first-order chi connectivity index (χ1) is 22.9. The van der Waals surface area contributed by atoms with E-state index in [1.54, 1.807) is 13.2 Å². The highest BCUT2D eigenvalue weighted by Crippen LogP contribution is 2.31. The number of thiazole rings is 1. The Hall–Kier alpha value is -4.65. The third kappa shape index (κ3) is 13.8. The molecule has 0 aliphatic carbocycles. The van der Waals surface area contributed by atoms with Crippen LogP contribution >= 0.6 is 11.3 Å². The molecule has 0 saturated heterocycles. The first kappa shape index (κ1) is 40.5. The second-order valence-corrected chi connectivity index (χ2v) is 11.0. The van der Waals surface area contributed by atoms with E-state index in [9.17, 15) is 41.4 Å². The van der Waals surface area contributed by atoms with Crippen molar-refractivity contribution < 1.29 is 61.1 Å². The molecular formula is C31H33F6N3O8S. The predicted octanol–water partition coefficient (Wildman–Crippen LogP) is 4.77. The van der Waals surface area contributed by atoms with E-state index in [2.05, 4.69) is 45.9 Å². The Morgan fingerprint density at radius 2 is 1.47 bits per heavy atom. The predicted molar refractivity (Wildman–Crippen MR) is 168 cm³/mol. The van der Waals surface area contributed by atoms with E-state index in [1.807, 2.05) is 18.2 Å². The van der Waals surface area contributed by atoms with Crippen molar-refractivity contribution >= 4 is 33.5 Å². The number of H-pyrrole nitrogens is 1. The zero-order valence-electron chi connectivity index (χ0n) is 25.7. The summed E-state index contributed by atoms with van der Waals surface area (Å²) >= 11 is 0.996. The van der Waals surface area contributed by atoms with Crippen LogP contribution in [0.3, 0.4) is 0 Å². The van der Waals surface area contributed by atoms with Gasteiger partial charge in [0.25, 0.3) is 0 Å². The van der Waals surface area contributed by atoms with Gasteiger partial charge in [0.1, 0.15) is 17.0 Å². The van der Waals surface area contributed by atoms with E-state index < -0.39 is 30.4 Å². The SMILES string of the molecule is COc1ccccc1CCNCc1cccc(CCNC[C@H](O)c2ccc(O)c3[nH]c(=O)sc23)c1.O=C(O)C(F)(F)F.O=C(O)C(F)(F)F. The molecule has 0 spiro atoms. The molecule has 0 fully saturated rings. The number of halogens is 6. The lowest BCUT2D eigenvalue weighted by Gasteiger charge is -2.14. The number of benzene rings is 3. The third-order valence-corrected chi connectivity index (χ3v) is 7.38. The number of para-hydroxylation sites is 1. The fourth-order valence-corrected chi connectivity index (χ4v) is 5.06. The van der Waals surface area contributed by atoms with E-state index in [-0.39, 0.29) is 10.6 Å². The van der Waals surface area contributed by atoms with Gasteiger partial charge in [-0.3, -0.25) is 4.79 Å². The van der Waals surface area contributed by atoms with Crippen LogP contribution in [0.1, 0.15) is 28.4 Å². The summed E-state index contributed by atoms with van der Waals surface area (Å²) in [4.78, 5) is 31.8. The van der Waals surface area contributed by atoms with Gasteiger partial charge in [0.05, 0.1) is 17.9 Å². The molecule has 1 heterocycles. The lowest BCUT2D eigenvalue weighted by atomic mass is 10.1. The Balaban J connectivity index is 0.000000500. The van der Waals surface area contributed by atoms with Crippen LogP contribution in [0.15, 0.2) is 65.5 Å². The Labute approximate surface area is 278 Å². The number of aromatic hydroxyl groups is 1. The molecule has 3 aromatic carbocycles. The zero-order chi connectivity index (χ0) is 36.8. The number of aromatic nitrogens is 1. The monoisotopic (exact) mass is 721 g/mol. The molecule has 0 aliphatic rings. The van der Waals surface area contributed by atoms with Gasteiger partial charge in [-0.2, -0.15) is 26.3 Å². The van der Waals surface area contributed by atoms with Crippen molar-refractivity contribution in [2.75, 3.05) is 26.7 Å². The molecule has 1 atom stereocenters. The number of aliphatic hydroxyl groups is 1. The first-order valence-electron chi connectivity index (χ1n) is 14.2. The zero-order valence-corrected chi connectivity index (χ0v) is 26.5. The second kappa shape index (κ2) is 18.8. The van der Waals surface area contributed by atoms with Crippen LogP contribution in [0.5, 0.6) is 11.5 Å². The van der Waals surface area contributed by atoms with E-state index in [4.69, 9.17) is 24.5 Å². The number of carboxylic acid groups (broad SMARTS) is 2. The van der Waals surface area contributed by atoms with Gasteiger partial charge >= 0.3 is 29.2 Å². The van der Waals surface area contributed by atoms with Gasteiger partial charge in [0, 0.05) is 18.7 Å². The number of fused-ring (bicyclic) bond motifs is 1. The van der Waals surface area contributed by atoms with Crippen LogP contribution < -0.4 is 20.2 Å². The van der Waals surface area contributed by atoms with Crippen LogP contribution in [0.25, 0.3) is 10.2 Å². The molecule has 0 aliphatic heterocycles. The van der Waals surface area contributed by atoms with Gasteiger partial charge in [-0.15, -0.1) is 0 Å². The lowest BCUT2D eigenvalue weighted by molar-refractivity contribution is -0.193. The van der Waals surface area contributed by atoms with Gasteiger partial charge in [-0.25, -0.2) is 9.59 Å². The molecule has 7 N–H and O–H groups in total. The largest absolute Gasteiger partial charge is 0.506 e. The fourth-order valence-electron chi connectivity index (χ4n) is 4.14. The number of hydrogen-bond donors (Lipinski definition) is 7. The number of hydrogen-bond acceptors (Lipinski definition) is 9. The van der Waals surface area contributed by atoms with Gasteiger partial charge in [0.15, 0.2) is 0 Å². The highest BCUT2D eigenvalue weighted by Gasteiger charge is 2.38. The summed E-state index contributed by atoms with van der Waals surface area (Å²) in [6.07, 6.45) is -9.20. The van der Waals surface area contributed by atoms with Crippen molar-refractivity contribution in [3.8, 4) is 11.5 Å². The van der Waals surface area contributed by atoms with Crippen molar-refractivity contribution in [2.45, 2.75) is 37.8 Å². The van der Waals surface area contributed by atoms with Gasteiger partial charge in [-0.05, 0) is 54.8 Å². The summed E-state index contributed by atoms with van der Waals surface area (Å²) in [5, 5.41) is 41.6. The highest BCUT2D eigenvalue weighted by molar-refractivity contribution is 7.16. The molecule has 4 aromatic rings. The number of alkyl halides is 6. The number of rotatable bonds is 12. The van der Waals surface area contributed by atoms with Gasteiger partial charge in [0.2, 0.25) is 0 Å². The van der Waals surface area contributed by atoms with E-state index in [1.165, 1.54) is 22.8 Å². The topological polar surface area (TPSA) is 181 Å². The maximum atomic E-state index is 11.7. The summed E-state index contributed by atoms with van der Waals surface area (Å²) < 4.78 is 69.5. The molecule has 4 rings (SSSR count). The number of carboxylic acids is 2. The molecule has 49 heavy (non-hydrogen) atoms. The Morgan fingerprint density at radius 1 is 0.878 bits per heavy atom. The fraction of sp³-hybridized carbons (Fsp3) is 0.323. The molecule has 1 aromatic heterocycles. The van der Waals surface area contributed by atoms with Crippen LogP contribution in [0, 0.1) is 0 Å².